The van der Waals surface area contributed by atoms with Gasteiger partial charge in [0.15, 0.2) is 19.7 Å². The fraction of sp³-hybridized carbons (Fsp3) is 0.182. The van der Waals surface area contributed by atoms with Gasteiger partial charge in [-0.15, -0.1) is 15.3 Å². The Hall–Kier alpha value is -0.0800. The molecule has 0 fully saturated rings. The van der Waals surface area contributed by atoms with Gasteiger partial charge in [-0.05, 0) is 48.5 Å². The number of hydrogen-bond donors (Lipinski definition) is 2. The molecule has 286 valence electrons. The Morgan fingerprint density at radius 3 is 1.39 bits per heavy atom. The van der Waals surface area contributed by atoms with Crippen molar-refractivity contribution in [1.82, 2.24) is 0 Å². The zero-order chi connectivity index (χ0) is 39.5. The number of anilines is 2. The fourth-order valence-corrected chi connectivity index (χ4v) is 8.07. The quantitative estimate of drug-likeness (QED) is 0.0443. The van der Waals surface area contributed by atoms with Crippen LogP contribution >= 0.6 is 0 Å². The molecule has 0 atom stereocenters. The van der Waals surface area contributed by atoms with E-state index in [1.54, 1.807) is 0 Å². The van der Waals surface area contributed by atoms with Gasteiger partial charge in [-0.1, -0.05) is 0 Å². The second-order valence-electron chi connectivity index (χ2n) is 9.60. The first-order valence-corrected chi connectivity index (χ1v) is 21.8. The van der Waals surface area contributed by atoms with Crippen molar-refractivity contribution >= 4 is 94.8 Å². The molecule has 56 heavy (non-hydrogen) atoms. The summed E-state index contributed by atoms with van der Waals surface area (Å²) in [5.41, 5.74) is 7.78. The van der Waals surface area contributed by atoms with Crippen molar-refractivity contribution in [2.45, 2.75) is 19.6 Å². The molecule has 0 unspecified atom stereocenters. The van der Waals surface area contributed by atoms with Crippen LogP contribution in [0.1, 0.15) is 0 Å². The van der Waals surface area contributed by atoms with Crippen molar-refractivity contribution < 1.29 is 195 Å². The van der Waals surface area contributed by atoms with Crippen molar-refractivity contribution in [2.24, 2.45) is 20.5 Å². The SMILES string of the molecule is Nc1cc(S(=O)(=O)[O-])c(N=Nc2ccc(S(=O)(=O)CCOS(=O)(=O)[O-])cc2)c(N)c1N=Nc1ccc(S(=O)(=O)CCOS(=O)(=O)[O-])cc1S(=O)(=O)[O-].[Na+].[Na+].[Na+].[Na+]. The van der Waals surface area contributed by atoms with E-state index in [9.17, 15) is 68.7 Å². The Morgan fingerprint density at radius 1 is 0.518 bits per heavy atom. The first-order chi connectivity index (χ1) is 23.6. The van der Waals surface area contributed by atoms with E-state index in [1.165, 1.54) is 0 Å². The van der Waals surface area contributed by atoms with E-state index in [0.717, 1.165) is 30.3 Å². The molecule has 24 nitrogen and oxygen atoms in total. The molecule has 0 saturated heterocycles. The molecule has 0 aliphatic heterocycles. The van der Waals surface area contributed by atoms with Crippen LogP contribution in [0.15, 0.2) is 88.6 Å². The predicted molar refractivity (Wildman–Crippen MR) is 168 cm³/mol. The van der Waals surface area contributed by atoms with Crippen molar-refractivity contribution in [2.75, 3.05) is 36.2 Å². The molecule has 0 aliphatic rings. The summed E-state index contributed by atoms with van der Waals surface area (Å²) in [6, 6.07) is 6.29. The van der Waals surface area contributed by atoms with Crippen LogP contribution in [0.5, 0.6) is 0 Å². The molecule has 0 radical (unpaired) electrons. The molecule has 3 aromatic rings. The average Bonchev–Trinajstić information content (AvgIpc) is 2.98. The summed E-state index contributed by atoms with van der Waals surface area (Å²) in [4.78, 5) is -3.64. The van der Waals surface area contributed by atoms with Crippen molar-refractivity contribution in [3.05, 3.63) is 48.5 Å². The van der Waals surface area contributed by atoms with E-state index in [4.69, 9.17) is 11.5 Å². The van der Waals surface area contributed by atoms with E-state index in [-0.39, 0.29) is 129 Å². The largest absolute Gasteiger partial charge is 1.00 e. The molecule has 4 N–H and O–H groups in total. The smallest absolute Gasteiger partial charge is 0.744 e. The molecular weight excluding hydrogens is 921 g/mol. The molecule has 0 saturated carbocycles. The van der Waals surface area contributed by atoms with E-state index < -0.39 is 129 Å². The number of nitrogens with zero attached hydrogens (tertiary/aromatic N) is 4. The number of benzene rings is 3. The summed E-state index contributed by atoms with van der Waals surface area (Å²) in [5, 5.41) is 14.4. The van der Waals surface area contributed by atoms with Gasteiger partial charge < -0.3 is 29.7 Å². The van der Waals surface area contributed by atoms with E-state index in [2.05, 4.69) is 28.8 Å². The van der Waals surface area contributed by atoms with Gasteiger partial charge in [0.1, 0.15) is 37.3 Å². The summed E-state index contributed by atoms with van der Waals surface area (Å²) in [6.45, 7) is -2.12. The Bertz CT molecular complexity index is 2630. The molecule has 0 aromatic heterocycles. The summed E-state index contributed by atoms with van der Waals surface area (Å²) in [7, 11) is -30.1. The van der Waals surface area contributed by atoms with E-state index in [1.807, 2.05) is 0 Å². The number of nitrogen functional groups attached to an aromatic ring is 2. The van der Waals surface area contributed by atoms with Crippen molar-refractivity contribution in [3.8, 4) is 0 Å². The van der Waals surface area contributed by atoms with Gasteiger partial charge in [0, 0.05) is 0 Å². The number of nitrogens with two attached hydrogens (primary N) is 2. The average molecular weight is 941 g/mol. The third-order valence-corrected chi connectivity index (χ3v) is 12.0. The van der Waals surface area contributed by atoms with Gasteiger partial charge >= 0.3 is 118 Å². The Kier molecular flexibility index (Phi) is 23.5. The molecule has 0 heterocycles. The molecule has 0 bridgehead atoms. The minimum absolute atomic E-state index is 0. The van der Waals surface area contributed by atoms with Gasteiger partial charge in [-0.25, -0.2) is 50.5 Å². The second-order valence-corrected chi connectivity index (χ2v) is 18.6. The van der Waals surface area contributed by atoms with Gasteiger partial charge in [0.25, 0.3) is 0 Å². The summed E-state index contributed by atoms with van der Waals surface area (Å²) < 4.78 is 193. The van der Waals surface area contributed by atoms with Gasteiger partial charge in [-0.3, -0.25) is 8.37 Å². The van der Waals surface area contributed by atoms with Gasteiger partial charge in [0.05, 0.1) is 61.4 Å². The van der Waals surface area contributed by atoms with Crippen LogP contribution in [0, 0.1) is 0 Å². The topological polar surface area (TPSA) is 417 Å². The van der Waals surface area contributed by atoms with Crippen LogP contribution in [0.25, 0.3) is 0 Å². The molecule has 0 aliphatic carbocycles. The Balaban J connectivity index is 0. The molecule has 34 heteroatoms. The number of rotatable bonds is 16. The molecular formula is C22H20N6Na4O18S6. The van der Waals surface area contributed by atoms with Crippen molar-refractivity contribution in [1.29, 1.82) is 0 Å². The molecule has 0 spiro atoms. The summed E-state index contributed by atoms with van der Waals surface area (Å²) >= 11 is 0. The van der Waals surface area contributed by atoms with Crippen LogP contribution in [0.2, 0.25) is 0 Å². The van der Waals surface area contributed by atoms with Crippen LogP contribution in [-0.2, 0) is 69.1 Å². The molecule has 0 amide bonds. The third-order valence-electron chi connectivity index (χ3n) is 6.01. The normalized spacial score (nSPS) is 12.6. The maximum Gasteiger partial charge on any atom is 1.00 e. The van der Waals surface area contributed by atoms with Crippen LogP contribution in [-0.4, -0.2) is 93.4 Å². The zero-order valence-electron chi connectivity index (χ0n) is 29.2. The van der Waals surface area contributed by atoms with E-state index in [0.29, 0.717) is 18.2 Å². The zero-order valence-corrected chi connectivity index (χ0v) is 42.1. The molecule has 3 rings (SSSR count). The van der Waals surface area contributed by atoms with Crippen molar-refractivity contribution in [3.63, 3.8) is 0 Å². The predicted octanol–water partition coefficient (Wildman–Crippen LogP) is -12.0. The first-order valence-electron chi connectivity index (χ1n) is 13.0. The summed E-state index contributed by atoms with van der Waals surface area (Å²) in [6.07, 6.45) is 0. The van der Waals surface area contributed by atoms with Crippen LogP contribution in [0.3, 0.4) is 0 Å². The minimum Gasteiger partial charge on any atom is -0.744 e. The van der Waals surface area contributed by atoms with Crippen LogP contribution in [0.4, 0.5) is 34.1 Å². The monoisotopic (exact) mass is 940 g/mol. The molecule has 3 aromatic carbocycles. The second kappa shape index (κ2) is 22.7. The summed E-state index contributed by atoms with van der Waals surface area (Å²) in [5.74, 6) is -2.04. The number of hydrogen-bond acceptors (Lipinski definition) is 24. The number of azo groups is 2. The minimum atomic E-state index is -5.52. The first kappa shape index (κ1) is 58.0. The maximum absolute atomic E-state index is 12.5. The maximum atomic E-state index is 12.5. The Labute approximate surface area is 409 Å². The van der Waals surface area contributed by atoms with Gasteiger partial charge in [-0.2, -0.15) is 5.11 Å². The fourth-order valence-electron chi connectivity index (χ4n) is 3.71. The van der Waals surface area contributed by atoms with Gasteiger partial charge in [0.2, 0.25) is 20.8 Å². The van der Waals surface area contributed by atoms with E-state index >= 15 is 0 Å². The van der Waals surface area contributed by atoms with Crippen LogP contribution < -0.4 is 130 Å². The Morgan fingerprint density at radius 2 is 0.946 bits per heavy atom. The standard InChI is InChI=1S/C22H24N6O18S6.4Na/c23-16-12-19(50(36,37)38)22(28-25-13-1-3-14(4-2-13)47(29,30)9-7-45-51(39,40)41)20(24)21(16)27-26-17-6-5-15(11-18(17)49(33,34)35)48(31,32)10-8-46-52(42,43)44;;;;/h1-6,11-12H,7-10,23-24H2,(H,33,34,35)(H,36,37,38)(H,39,40,41)(H,42,43,44);;;;/q;4*+1/p-4. The third kappa shape index (κ3) is 17.5. The number of sulfone groups is 2.